The number of pyridine rings is 1. The van der Waals surface area contributed by atoms with E-state index in [1.54, 1.807) is 19.3 Å². The highest BCUT2D eigenvalue weighted by Crippen LogP contribution is 2.68. The van der Waals surface area contributed by atoms with E-state index in [-0.39, 0.29) is 45.9 Å². The molecular formula is C34H27ClF6N8O3S. The highest BCUT2D eigenvalue weighted by Gasteiger charge is 2.67. The standard InChI is InChI=1S/C34H27ClF6N8O3S/c1-48-30-18(3-4-21(35)26(30)33(46-48)47-53(2,51)52)24-27-15(5-6-42-27)12-43-28(24)22(9-14-7-16(36)10-17(37)8-14)44-23(50)13-49-31-25(29(45-49)32(38)39)19-11-20(19)34(31,40)41/h3-4,6-8,10,12,19-20,22,32H,5,9,11,13H2,1-2H3,(H,44,50)(H,46,47)/t19-,20+,22-/m0/s1. The molecule has 19 heteroatoms. The Balaban J connectivity index is 1.26. The number of hydrogen-bond donors (Lipinski definition) is 2. The molecule has 2 aliphatic carbocycles. The summed E-state index contributed by atoms with van der Waals surface area (Å²) in [6.45, 7) is -0.871. The molecule has 1 amide bonds. The number of rotatable bonds is 10. The number of aliphatic imine (C=N–C) groups is 1. The van der Waals surface area contributed by atoms with Crippen LogP contribution in [0.1, 0.15) is 58.6 Å². The number of halogens is 7. The molecule has 3 atom stereocenters. The van der Waals surface area contributed by atoms with Crippen LogP contribution in [-0.4, -0.2) is 51.3 Å². The molecule has 5 aromatic rings. The van der Waals surface area contributed by atoms with E-state index in [9.17, 15) is 30.8 Å². The van der Waals surface area contributed by atoms with Crippen molar-refractivity contribution >= 4 is 56.2 Å². The highest BCUT2D eigenvalue weighted by molar-refractivity contribution is 7.92. The van der Waals surface area contributed by atoms with Gasteiger partial charge in [0, 0.05) is 60.1 Å². The van der Waals surface area contributed by atoms with Crippen molar-refractivity contribution in [2.75, 3.05) is 11.0 Å². The SMILES string of the molecule is Cn1nc(NS(C)(=O)=O)c2c(Cl)ccc(-c3c([C@H](Cc4cc(F)cc(F)c4)NC(=O)Cn4nc(C(F)F)c5c4C(F)(F)[C@@H]4C[C@H]54)ncc4c3N=CC4)c21. The summed E-state index contributed by atoms with van der Waals surface area (Å²) in [6.07, 6.45) is 1.11. The van der Waals surface area contributed by atoms with Gasteiger partial charge in [-0.2, -0.15) is 19.0 Å². The summed E-state index contributed by atoms with van der Waals surface area (Å²) in [7, 11) is -2.25. The average molecular weight is 777 g/mol. The van der Waals surface area contributed by atoms with Crippen LogP contribution in [0.2, 0.25) is 5.02 Å². The summed E-state index contributed by atoms with van der Waals surface area (Å²) in [5.41, 5.74) is 0.653. The molecule has 1 saturated carbocycles. The minimum absolute atomic E-state index is 0.0412. The Morgan fingerprint density at radius 2 is 1.85 bits per heavy atom. The van der Waals surface area contributed by atoms with E-state index >= 15 is 8.78 Å². The van der Waals surface area contributed by atoms with Gasteiger partial charge in [-0.25, -0.2) is 26.0 Å². The lowest BCUT2D eigenvalue weighted by Crippen LogP contribution is -2.35. The largest absolute Gasteiger partial charge is 0.346 e. The summed E-state index contributed by atoms with van der Waals surface area (Å²) in [4.78, 5) is 23.1. The summed E-state index contributed by atoms with van der Waals surface area (Å²) in [6, 6.07) is 4.69. The quantitative estimate of drug-likeness (QED) is 0.153. The maximum absolute atomic E-state index is 15.3. The molecule has 0 saturated heterocycles. The van der Waals surface area contributed by atoms with Crippen molar-refractivity contribution in [3.63, 3.8) is 0 Å². The minimum atomic E-state index is -3.80. The van der Waals surface area contributed by atoms with Gasteiger partial charge in [0.2, 0.25) is 15.9 Å². The lowest BCUT2D eigenvalue weighted by atomic mass is 9.91. The second kappa shape index (κ2) is 12.3. The first kappa shape index (κ1) is 35.1. The van der Waals surface area contributed by atoms with Crippen LogP contribution < -0.4 is 10.0 Å². The fraction of sp³-hybridized carbons (Fsp3) is 0.324. The fourth-order valence-corrected chi connectivity index (χ4v) is 8.31. The third-order valence-electron chi connectivity index (χ3n) is 9.66. The van der Waals surface area contributed by atoms with Crippen molar-refractivity contribution in [1.82, 2.24) is 29.9 Å². The molecule has 0 unspecified atom stereocenters. The highest BCUT2D eigenvalue weighted by atomic mass is 35.5. The molecule has 4 heterocycles. The molecule has 2 aromatic carbocycles. The Morgan fingerprint density at radius 1 is 1.11 bits per heavy atom. The second-order valence-corrected chi connectivity index (χ2v) is 15.5. The first-order valence-corrected chi connectivity index (χ1v) is 18.5. The van der Waals surface area contributed by atoms with E-state index in [1.807, 2.05) is 0 Å². The zero-order valence-electron chi connectivity index (χ0n) is 27.6. The normalized spacial score (nSPS) is 18.7. The van der Waals surface area contributed by atoms with Gasteiger partial charge in [-0.1, -0.05) is 17.7 Å². The molecule has 1 aliphatic heterocycles. The summed E-state index contributed by atoms with van der Waals surface area (Å²) in [5.74, 6) is -8.17. The number of carbonyl (C=O) groups is 1. The lowest BCUT2D eigenvalue weighted by Gasteiger charge is -2.24. The number of benzene rings is 2. The summed E-state index contributed by atoms with van der Waals surface area (Å²) in [5, 5.41) is 11.2. The van der Waals surface area contributed by atoms with Gasteiger partial charge in [0.05, 0.1) is 39.6 Å². The Morgan fingerprint density at radius 3 is 2.55 bits per heavy atom. The topological polar surface area (TPSA) is 136 Å². The van der Waals surface area contributed by atoms with Crippen molar-refractivity contribution < 1.29 is 39.6 Å². The Hall–Kier alpha value is -4.97. The van der Waals surface area contributed by atoms with Crippen LogP contribution in [0.5, 0.6) is 0 Å². The minimum Gasteiger partial charge on any atom is -0.346 e. The van der Waals surface area contributed by atoms with Crippen LogP contribution in [0.25, 0.3) is 22.0 Å². The van der Waals surface area contributed by atoms with Crippen molar-refractivity contribution in [3.8, 4) is 11.1 Å². The van der Waals surface area contributed by atoms with Gasteiger partial charge < -0.3 is 5.32 Å². The molecule has 3 aliphatic rings. The van der Waals surface area contributed by atoms with Crippen molar-refractivity contribution in [2.24, 2.45) is 18.0 Å². The summed E-state index contributed by atoms with van der Waals surface area (Å²) >= 11 is 6.59. The van der Waals surface area contributed by atoms with Crippen LogP contribution in [0.15, 0.2) is 41.5 Å². The monoisotopic (exact) mass is 776 g/mol. The van der Waals surface area contributed by atoms with Gasteiger partial charge in [0.1, 0.15) is 29.6 Å². The molecule has 0 spiro atoms. The molecule has 1 fully saturated rings. The van der Waals surface area contributed by atoms with Crippen molar-refractivity contribution in [1.29, 1.82) is 0 Å². The number of amides is 1. The molecule has 11 nitrogen and oxygen atoms in total. The number of aromatic nitrogens is 5. The van der Waals surface area contributed by atoms with Crippen LogP contribution in [0.3, 0.4) is 0 Å². The number of nitrogens with zero attached hydrogens (tertiary/aromatic N) is 6. The number of sulfonamides is 1. The Kier molecular flexibility index (Phi) is 8.14. The van der Waals surface area contributed by atoms with E-state index in [0.29, 0.717) is 45.1 Å². The van der Waals surface area contributed by atoms with Gasteiger partial charge in [0.15, 0.2) is 5.82 Å². The zero-order chi connectivity index (χ0) is 37.7. The van der Waals surface area contributed by atoms with Crippen LogP contribution in [0.4, 0.5) is 37.8 Å². The smallest absolute Gasteiger partial charge is 0.293 e. The lowest BCUT2D eigenvalue weighted by molar-refractivity contribution is -0.123. The van der Waals surface area contributed by atoms with E-state index in [4.69, 9.17) is 11.6 Å². The molecule has 0 radical (unpaired) electrons. The van der Waals surface area contributed by atoms with Gasteiger partial charge in [0.25, 0.3) is 12.3 Å². The number of fused-ring (bicyclic) bond motifs is 5. The van der Waals surface area contributed by atoms with Crippen molar-refractivity contribution in [3.05, 3.63) is 87.0 Å². The molecule has 8 rings (SSSR count). The first-order valence-electron chi connectivity index (χ1n) is 16.2. The number of nitrogens with one attached hydrogen (secondary N) is 2. The average Bonchev–Trinajstić information content (AvgIpc) is 3.28. The first-order chi connectivity index (χ1) is 25.0. The third-order valence-corrected chi connectivity index (χ3v) is 10.5. The van der Waals surface area contributed by atoms with E-state index in [0.717, 1.165) is 18.4 Å². The molecule has 276 valence electrons. The molecule has 2 N–H and O–H groups in total. The van der Waals surface area contributed by atoms with Gasteiger partial charge in [-0.15, -0.1) is 0 Å². The molecule has 3 aromatic heterocycles. The molecular weight excluding hydrogens is 750 g/mol. The predicted octanol–water partition coefficient (Wildman–Crippen LogP) is 6.64. The maximum atomic E-state index is 15.3. The second-order valence-electron chi connectivity index (χ2n) is 13.4. The van der Waals surface area contributed by atoms with Crippen LogP contribution in [-0.2, 0) is 47.2 Å². The number of alkyl halides is 4. The number of aryl methyl sites for hydroxylation is 1. The van der Waals surface area contributed by atoms with E-state index < -0.39 is 75.7 Å². The van der Waals surface area contributed by atoms with Crippen LogP contribution >= 0.6 is 11.6 Å². The number of carbonyl (C=O) groups excluding carboxylic acids is 1. The maximum Gasteiger partial charge on any atom is 0.293 e. The molecule has 53 heavy (non-hydrogen) atoms. The molecule has 0 bridgehead atoms. The third kappa shape index (κ3) is 6.00. The van der Waals surface area contributed by atoms with Crippen molar-refractivity contribution in [2.45, 2.75) is 50.1 Å². The van der Waals surface area contributed by atoms with Gasteiger partial charge in [-0.3, -0.25) is 28.9 Å². The predicted molar refractivity (Wildman–Crippen MR) is 182 cm³/mol. The zero-order valence-corrected chi connectivity index (χ0v) is 29.2. The Bertz CT molecular complexity index is 2500. The van der Waals surface area contributed by atoms with E-state index in [1.165, 1.54) is 16.9 Å². The number of hydrogen-bond acceptors (Lipinski definition) is 7. The van der Waals surface area contributed by atoms with Gasteiger partial charge in [-0.05, 0) is 42.5 Å². The Labute approximate surface area is 302 Å². The number of anilines is 1. The van der Waals surface area contributed by atoms with Gasteiger partial charge >= 0.3 is 0 Å². The van der Waals surface area contributed by atoms with E-state index in [2.05, 4.69) is 30.2 Å². The summed E-state index contributed by atoms with van der Waals surface area (Å²) < 4.78 is 116. The van der Waals surface area contributed by atoms with Crippen LogP contribution in [0, 0.1) is 17.6 Å². The fourth-order valence-electron chi connectivity index (χ4n) is 7.58.